The Morgan fingerprint density at radius 2 is 1.71 bits per heavy atom. The number of benzene rings is 2. The van der Waals surface area contributed by atoms with Crippen molar-refractivity contribution in [2.75, 3.05) is 6.54 Å². The molecule has 3 nitrogen and oxygen atoms in total. The Labute approximate surface area is 181 Å². The third-order valence-electron chi connectivity index (χ3n) is 7.39. The van der Waals surface area contributed by atoms with Crippen LogP contribution in [0.1, 0.15) is 61.3 Å². The topological polar surface area (TPSA) is 46.3 Å². The lowest BCUT2D eigenvalue weighted by Gasteiger charge is -2.54. The van der Waals surface area contributed by atoms with Gasteiger partial charge in [-0.1, -0.05) is 75.4 Å². The zero-order valence-corrected chi connectivity index (χ0v) is 17.8. The molecule has 0 spiro atoms. The van der Waals surface area contributed by atoms with Gasteiger partial charge >= 0.3 is 12.2 Å². The molecule has 166 valence electrons. The molecule has 1 unspecified atom stereocenters. The summed E-state index contributed by atoms with van der Waals surface area (Å²) in [5.41, 5.74) is 7.15. The first-order valence-electron chi connectivity index (χ1n) is 11.1. The van der Waals surface area contributed by atoms with Crippen LogP contribution in [0.15, 0.2) is 48.5 Å². The molecule has 4 rings (SSSR count). The molecule has 2 N–H and O–H groups in total. The van der Waals surface area contributed by atoms with Gasteiger partial charge in [0.25, 0.3) is 0 Å². The quantitative estimate of drug-likeness (QED) is 0.628. The number of carbonyl (C=O) groups is 1. The summed E-state index contributed by atoms with van der Waals surface area (Å²) in [6, 6.07) is 12.8. The molecule has 0 bridgehead atoms. The molecule has 31 heavy (non-hydrogen) atoms. The fraction of sp³-hybridized carbons (Fsp3) is 0.480. The molecule has 0 aromatic heterocycles. The van der Waals surface area contributed by atoms with Crippen LogP contribution in [0.5, 0.6) is 0 Å². The number of rotatable bonds is 3. The van der Waals surface area contributed by atoms with Gasteiger partial charge in [0.05, 0.1) is 11.1 Å². The van der Waals surface area contributed by atoms with Crippen molar-refractivity contribution in [2.24, 2.45) is 17.6 Å². The summed E-state index contributed by atoms with van der Waals surface area (Å²) in [5, 5.41) is 0. The summed E-state index contributed by atoms with van der Waals surface area (Å²) >= 11 is 0. The molecule has 2 aromatic carbocycles. The molecule has 1 aliphatic carbocycles. The monoisotopic (exact) mass is 430 g/mol. The summed E-state index contributed by atoms with van der Waals surface area (Å²) in [6.07, 6.45) is 1.85. The van der Waals surface area contributed by atoms with Gasteiger partial charge in [-0.15, -0.1) is 0 Å². The van der Waals surface area contributed by atoms with Gasteiger partial charge in [0.1, 0.15) is 0 Å². The first-order chi connectivity index (χ1) is 14.8. The van der Waals surface area contributed by atoms with Crippen LogP contribution in [-0.2, 0) is 18.1 Å². The van der Waals surface area contributed by atoms with E-state index in [-0.39, 0.29) is 5.92 Å². The fourth-order valence-electron chi connectivity index (χ4n) is 5.90. The normalized spacial score (nSPS) is 23.3. The smallest absolute Gasteiger partial charge is 0.351 e. The Balaban J connectivity index is 1.95. The van der Waals surface area contributed by atoms with E-state index in [1.165, 1.54) is 6.42 Å². The molecule has 0 radical (unpaired) electrons. The van der Waals surface area contributed by atoms with Crippen LogP contribution in [0, 0.1) is 11.8 Å². The molecule has 2 amide bonds. The number of urea groups is 1. The van der Waals surface area contributed by atoms with Crippen molar-refractivity contribution in [3.8, 4) is 0 Å². The molecule has 2 atom stereocenters. The third-order valence-corrected chi connectivity index (χ3v) is 7.39. The van der Waals surface area contributed by atoms with Crippen molar-refractivity contribution in [3.63, 3.8) is 0 Å². The number of alkyl halides is 3. The average Bonchev–Trinajstić information content (AvgIpc) is 2.77. The van der Waals surface area contributed by atoms with E-state index >= 15 is 0 Å². The van der Waals surface area contributed by atoms with E-state index in [0.29, 0.717) is 24.4 Å². The van der Waals surface area contributed by atoms with Crippen LogP contribution >= 0.6 is 0 Å². The minimum atomic E-state index is -4.41. The van der Waals surface area contributed by atoms with Gasteiger partial charge in [-0.05, 0) is 47.1 Å². The molecule has 1 fully saturated rings. The van der Waals surface area contributed by atoms with Crippen molar-refractivity contribution in [1.29, 1.82) is 0 Å². The molecule has 1 saturated carbocycles. The minimum absolute atomic E-state index is 0.0125. The molecule has 1 heterocycles. The van der Waals surface area contributed by atoms with Gasteiger partial charge in [-0.3, -0.25) is 0 Å². The van der Waals surface area contributed by atoms with Crippen molar-refractivity contribution in [3.05, 3.63) is 70.8 Å². The Hall–Kier alpha value is -2.50. The van der Waals surface area contributed by atoms with E-state index in [1.807, 2.05) is 18.2 Å². The largest absolute Gasteiger partial charge is 0.416 e. The number of amides is 2. The summed E-state index contributed by atoms with van der Waals surface area (Å²) in [6.45, 7) is 2.59. The third kappa shape index (κ3) is 3.70. The average molecular weight is 431 g/mol. The standard InChI is InChI=1S/C25H29F3N2O/c1-17(18-7-3-2-4-8-18)24(20-11-13-21(14-12-20)25(26,27)28)22-10-6-5-9-19(22)15-16-30(24)23(29)31/h5-6,9-14,17-18H,2-4,7-8,15-16H2,1H3,(H2,29,31)/t17-,24?/m0/s1. The lowest BCUT2D eigenvalue weighted by Crippen LogP contribution is -2.60. The summed E-state index contributed by atoms with van der Waals surface area (Å²) in [7, 11) is 0. The Kier molecular flexibility index (Phi) is 5.75. The van der Waals surface area contributed by atoms with Crippen molar-refractivity contribution < 1.29 is 18.0 Å². The van der Waals surface area contributed by atoms with Crippen LogP contribution in [0.2, 0.25) is 0 Å². The molecule has 0 saturated heterocycles. The highest BCUT2D eigenvalue weighted by atomic mass is 19.4. The first kappa shape index (κ1) is 21.7. The van der Waals surface area contributed by atoms with E-state index in [0.717, 1.165) is 48.9 Å². The number of hydrogen-bond donors (Lipinski definition) is 1. The molecule has 2 aliphatic rings. The first-order valence-corrected chi connectivity index (χ1v) is 11.1. The lowest BCUT2D eigenvalue weighted by molar-refractivity contribution is -0.137. The van der Waals surface area contributed by atoms with Gasteiger partial charge < -0.3 is 10.6 Å². The summed E-state index contributed by atoms with van der Waals surface area (Å²) in [5.74, 6) is 0.377. The maximum atomic E-state index is 13.3. The highest BCUT2D eigenvalue weighted by molar-refractivity contribution is 5.75. The van der Waals surface area contributed by atoms with E-state index in [4.69, 9.17) is 5.73 Å². The number of nitrogens with two attached hydrogens (primary N) is 1. The van der Waals surface area contributed by atoms with Gasteiger partial charge in [0.15, 0.2) is 0 Å². The number of carbonyl (C=O) groups excluding carboxylic acids is 1. The van der Waals surface area contributed by atoms with Gasteiger partial charge in [-0.2, -0.15) is 13.2 Å². The van der Waals surface area contributed by atoms with Crippen LogP contribution in [-0.4, -0.2) is 17.5 Å². The number of fused-ring (bicyclic) bond motifs is 1. The van der Waals surface area contributed by atoms with E-state index in [2.05, 4.69) is 13.0 Å². The zero-order valence-electron chi connectivity index (χ0n) is 17.8. The zero-order chi connectivity index (χ0) is 22.2. The minimum Gasteiger partial charge on any atom is -0.351 e. The van der Waals surface area contributed by atoms with Gasteiger partial charge in [-0.25, -0.2) is 4.79 Å². The van der Waals surface area contributed by atoms with Gasteiger partial charge in [0, 0.05) is 6.54 Å². The van der Waals surface area contributed by atoms with E-state index < -0.39 is 23.3 Å². The maximum Gasteiger partial charge on any atom is 0.416 e. The van der Waals surface area contributed by atoms with Crippen LogP contribution in [0.4, 0.5) is 18.0 Å². The summed E-state index contributed by atoms with van der Waals surface area (Å²) in [4.78, 5) is 14.4. The van der Waals surface area contributed by atoms with Gasteiger partial charge in [0.2, 0.25) is 0 Å². The summed E-state index contributed by atoms with van der Waals surface area (Å²) < 4.78 is 39.8. The van der Waals surface area contributed by atoms with Crippen LogP contribution < -0.4 is 5.73 Å². The highest BCUT2D eigenvalue weighted by Gasteiger charge is 2.52. The van der Waals surface area contributed by atoms with Crippen molar-refractivity contribution in [2.45, 2.75) is 57.2 Å². The Morgan fingerprint density at radius 1 is 1.06 bits per heavy atom. The molecular weight excluding hydrogens is 401 g/mol. The van der Waals surface area contributed by atoms with E-state index in [9.17, 15) is 18.0 Å². The molecular formula is C25H29F3N2O. The van der Waals surface area contributed by atoms with Crippen LogP contribution in [0.25, 0.3) is 0 Å². The van der Waals surface area contributed by atoms with Crippen LogP contribution in [0.3, 0.4) is 0 Å². The number of halogens is 3. The Morgan fingerprint density at radius 3 is 2.32 bits per heavy atom. The number of hydrogen-bond acceptors (Lipinski definition) is 1. The lowest BCUT2D eigenvalue weighted by atomic mass is 9.62. The van der Waals surface area contributed by atoms with E-state index in [1.54, 1.807) is 17.0 Å². The van der Waals surface area contributed by atoms with Crippen molar-refractivity contribution in [1.82, 2.24) is 4.90 Å². The number of nitrogens with zero attached hydrogens (tertiary/aromatic N) is 1. The molecule has 1 aliphatic heterocycles. The highest BCUT2D eigenvalue weighted by Crippen LogP contribution is 2.51. The maximum absolute atomic E-state index is 13.3. The second kappa shape index (κ2) is 8.21. The predicted molar refractivity (Wildman–Crippen MR) is 114 cm³/mol. The molecule has 2 aromatic rings. The molecule has 6 heteroatoms. The second-order valence-corrected chi connectivity index (χ2v) is 8.93. The Bertz CT molecular complexity index is 935. The SMILES string of the molecule is C[C@@H](C1CCCCC1)C1(c2ccc(C(F)(F)F)cc2)c2ccccc2CCN1C(N)=O. The second-order valence-electron chi connectivity index (χ2n) is 8.93. The van der Waals surface area contributed by atoms with Crippen molar-refractivity contribution >= 4 is 6.03 Å². The predicted octanol–water partition coefficient (Wildman–Crippen LogP) is 6.10. The number of primary amides is 1. The fourth-order valence-corrected chi connectivity index (χ4v) is 5.90.